The van der Waals surface area contributed by atoms with E-state index in [1.54, 1.807) is 38.1 Å². The second kappa shape index (κ2) is 14.7. The van der Waals surface area contributed by atoms with Gasteiger partial charge in [0.1, 0.15) is 29.6 Å². The van der Waals surface area contributed by atoms with Gasteiger partial charge in [0.15, 0.2) is 14.7 Å². The highest BCUT2D eigenvalue weighted by molar-refractivity contribution is 8.01. The quantitative estimate of drug-likeness (QED) is 0.150. The molecule has 0 aromatic heterocycles. The van der Waals surface area contributed by atoms with Crippen molar-refractivity contribution in [1.29, 1.82) is 0 Å². The van der Waals surface area contributed by atoms with Gasteiger partial charge < -0.3 is 36.6 Å². The molecule has 2 saturated heterocycles. The van der Waals surface area contributed by atoms with Gasteiger partial charge in [0, 0.05) is 11.0 Å². The standard InChI is InChI=1S/C16H19N3O4S.C12H15Cl2NO5S/c1-16(2)11(15(22)23)19-13(21)10(14(19)24-16)18-12(20)9(17)8-6-4-3-5-7-8;1-21(19,20)8-4-2-7(3-5-8)10(17)9(6-16)15-12(18)11(13)14/h3-7,9-11,14H,17H2,1-2H3,(H,18,20)(H,22,23);2-5,9-11,16-17H,6H2,1H3,(H,15,18)/t9-,10-,11+,14-;9-,10-/m11/s1. The maximum Gasteiger partial charge on any atom is 0.327 e. The molecular formula is C28H34Cl2N4O9S2. The van der Waals surface area contributed by atoms with Crippen molar-refractivity contribution in [2.75, 3.05) is 12.9 Å². The van der Waals surface area contributed by atoms with Crippen LogP contribution in [0.5, 0.6) is 0 Å². The Morgan fingerprint density at radius 3 is 2.11 bits per heavy atom. The zero-order chi connectivity index (χ0) is 33.9. The second-order valence-corrected chi connectivity index (χ2v) is 15.7. The summed E-state index contributed by atoms with van der Waals surface area (Å²) in [5, 5.41) is 33.3. The number of aliphatic hydroxyl groups is 2. The van der Waals surface area contributed by atoms with E-state index >= 15 is 0 Å². The largest absolute Gasteiger partial charge is 0.480 e. The third-order valence-electron chi connectivity index (χ3n) is 7.17. The molecule has 13 nitrogen and oxygen atoms in total. The van der Waals surface area contributed by atoms with E-state index in [-0.39, 0.29) is 16.2 Å². The minimum atomic E-state index is -3.34. The highest BCUT2D eigenvalue weighted by Gasteiger charge is 2.64. The molecule has 0 saturated carbocycles. The summed E-state index contributed by atoms with van der Waals surface area (Å²) < 4.78 is 22.1. The maximum atomic E-state index is 12.3. The summed E-state index contributed by atoms with van der Waals surface area (Å²) in [6, 6.07) is 10.8. The molecule has 4 rings (SSSR count). The van der Waals surface area contributed by atoms with Crippen LogP contribution < -0.4 is 16.4 Å². The lowest BCUT2D eigenvalue weighted by molar-refractivity contribution is -0.161. The number of nitrogens with two attached hydrogens (primary N) is 1. The molecule has 2 aliphatic heterocycles. The van der Waals surface area contributed by atoms with Gasteiger partial charge in [-0.2, -0.15) is 0 Å². The van der Waals surface area contributed by atoms with Crippen LogP contribution in [0.25, 0.3) is 0 Å². The van der Waals surface area contributed by atoms with Gasteiger partial charge in [0.05, 0.1) is 17.5 Å². The molecule has 45 heavy (non-hydrogen) atoms. The number of carboxylic acids is 1. The first kappa shape index (κ1) is 36.5. The molecule has 0 bridgehead atoms. The fourth-order valence-electron chi connectivity index (χ4n) is 4.81. The van der Waals surface area contributed by atoms with Crippen molar-refractivity contribution in [1.82, 2.24) is 15.5 Å². The Bertz CT molecular complexity index is 1510. The van der Waals surface area contributed by atoms with Gasteiger partial charge in [0.25, 0.3) is 5.91 Å². The smallest absolute Gasteiger partial charge is 0.327 e. The van der Waals surface area contributed by atoms with Gasteiger partial charge in [-0.1, -0.05) is 65.7 Å². The summed E-state index contributed by atoms with van der Waals surface area (Å²) in [6.45, 7) is 3.04. The van der Waals surface area contributed by atoms with Crippen LogP contribution in [0.4, 0.5) is 0 Å². The topological polar surface area (TPSA) is 216 Å². The van der Waals surface area contributed by atoms with E-state index in [0.717, 1.165) is 6.26 Å². The molecule has 3 amide bonds. The van der Waals surface area contributed by atoms with Crippen LogP contribution in [0, 0.1) is 0 Å². The monoisotopic (exact) mass is 704 g/mol. The lowest BCUT2D eigenvalue weighted by Gasteiger charge is -2.43. The van der Waals surface area contributed by atoms with Gasteiger partial charge in [-0.15, -0.1) is 11.8 Å². The first-order valence-corrected chi connectivity index (χ1v) is 17.1. The number of halogens is 2. The Labute approximate surface area is 274 Å². The highest BCUT2D eigenvalue weighted by Crippen LogP contribution is 2.50. The first-order valence-electron chi connectivity index (χ1n) is 13.4. The molecule has 0 spiro atoms. The second-order valence-electron chi connectivity index (χ2n) is 10.9. The summed E-state index contributed by atoms with van der Waals surface area (Å²) >= 11 is 12.1. The molecule has 0 radical (unpaired) electrons. The number of hydrogen-bond donors (Lipinski definition) is 6. The summed E-state index contributed by atoms with van der Waals surface area (Å²) in [5.74, 6) is -2.60. The van der Waals surface area contributed by atoms with Crippen LogP contribution in [0.3, 0.4) is 0 Å². The number of β-lactam (4-membered cyclic amide) rings is 1. The molecule has 2 aromatic rings. The number of nitrogens with zero attached hydrogens (tertiary/aromatic N) is 1. The number of alkyl halides is 2. The fourth-order valence-corrected chi connectivity index (χ4v) is 7.20. The normalized spacial score (nSPS) is 22.2. The molecule has 7 N–H and O–H groups in total. The van der Waals surface area contributed by atoms with Crippen LogP contribution in [0.15, 0.2) is 59.5 Å². The van der Waals surface area contributed by atoms with Crippen LogP contribution in [0.2, 0.25) is 0 Å². The number of aliphatic carboxylic acids is 1. The number of nitrogens with one attached hydrogen (secondary N) is 2. The SMILES string of the molecule is CC1(C)S[C@@H]2[C@H](NC(=O)[C@H](N)c3ccccc3)C(=O)N2[C@H]1C(=O)O.CS(=O)(=O)c1ccc([C@@H](O)[C@@H](CO)NC(=O)C(Cl)Cl)cc1. The average molecular weight is 706 g/mol. The fraction of sp³-hybridized carbons (Fsp3) is 0.429. The molecule has 2 aliphatic rings. The molecule has 2 aromatic carbocycles. The Morgan fingerprint density at radius 1 is 1.04 bits per heavy atom. The molecule has 17 heteroatoms. The van der Waals surface area contributed by atoms with Crippen molar-refractivity contribution in [3.05, 3.63) is 65.7 Å². The Morgan fingerprint density at radius 2 is 1.62 bits per heavy atom. The number of sulfone groups is 1. The minimum absolute atomic E-state index is 0.101. The zero-order valence-corrected chi connectivity index (χ0v) is 27.5. The minimum Gasteiger partial charge on any atom is -0.480 e. The molecule has 6 atom stereocenters. The molecule has 0 unspecified atom stereocenters. The molecular weight excluding hydrogens is 671 g/mol. The van der Waals surface area contributed by atoms with Crippen LogP contribution >= 0.6 is 35.0 Å². The number of aliphatic hydroxyl groups excluding tert-OH is 2. The van der Waals surface area contributed by atoms with Gasteiger partial charge in [0.2, 0.25) is 11.8 Å². The van der Waals surface area contributed by atoms with Crippen molar-refractivity contribution in [3.8, 4) is 0 Å². The number of carbonyl (C=O) groups is 4. The lowest BCUT2D eigenvalue weighted by Crippen LogP contribution is -2.71. The van der Waals surface area contributed by atoms with E-state index in [1.165, 1.54) is 40.9 Å². The molecule has 2 fully saturated rings. The van der Waals surface area contributed by atoms with E-state index in [1.807, 2.05) is 6.07 Å². The van der Waals surface area contributed by atoms with E-state index in [4.69, 9.17) is 28.9 Å². The Kier molecular flexibility index (Phi) is 11.9. The van der Waals surface area contributed by atoms with E-state index in [0.29, 0.717) is 11.1 Å². The summed E-state index contributed by atoms with van der Waals surface area (Å²) in [7, 11) is -3.34. The van der Waals surface area contributed by atoms with E-state index in [2.05, 4.69) is 10.6 Å². The van der Waals surface area contributed by atoms with E-state index in [9.17, 15) is 42.9 Å². The zero-order valence-electron chi connectivity index (χ0n) is 24.3. The van der Waals surface area contributed by atoms with Crippen LogP contribution in [-0.4, -0.2) is 98.3 Å². The number of benzene rings is 2. The van der Waals surface area contributed by atoms with Crippen LogP contribution in [-0.2, 0) is 29.0 Å². The average Bonchev–Trinajstić information content (AvgIpc) is 3.25. The van der Waals surface area contributed by atoms with Crippen molar-refractivity contribution in [3.63, 3.8) is 0 Å². The Hall–Kier alpha value is -2.92. The number of carbonyl (C=O) groups excluding carboxylic acids is 3. The van der Waals surface area contributed by atoms with Crippen molar-refractivity contribution in [2.45, 2.75) is 64.0 Å². The predicted molar refractivity (Wildman–Crippen MR) is 168 cm³/mol. The maximum absolute atomic E-state index is 12.3. The number of thioether (sulfide) groups is 1. The molecule has 246 valence electrons. The Balaban J connectivity index is 0.000000248. The predicted octanol–water partition coefficient (Wildman–Crippen LogP) is 0.722. The summed E-state index contributed by atoms with van der Waals surface area (Å²) in [6.07, 6.45) is -0.171. The van der Waals surface area contributed by atoms with Crippen molar-refractivity contribution in [2.24, 2.45) is 5.73 Å². The van der Waals surface area contributed by atoms with Gasteiger partial charge in [-0.25, -0.2) is 13.2 Å². The van der Waals surface area contributed by atoms with Crippen LogP contribution in [0.1, 0.15) is 37.1 Å². The number of hydrogen-bond acceptors (Lipinski definition) is 10. The van der Waals surface area contributed by atoms with Crippen molar-refractivity contribution < 1.29 is 42.9 Å². The van der Waals surface area contributed by atoms with E-state index < -0.39 is 74.1 Å². The van der Waals surface area contributed by atoms with Gasteiger partial charge in [-0.3, -0.25) is 14.4 Å². The third-order valence-corrected chi connectivity index (χ3v) is 10.3. The number of rotatable bonds is 10. The molecule has 0 aliphatic carbocycles. The summed E-state index contributed by atoms with van der Waals surface area (Å²) in [4.78, 5) is 47.6. The van der Waals surface area contributed by atoms with Gasteiger partial charge in [-0.05, 0) is 37.1 Å². The lowest BCUT2D eigenvalue weighted by atomic mass is 9.95. The summed E-state index contributed by atoms with van der Waals surface area (Å²) in [5.41, 5.74) is 6.93. The number of amides is 3. The first-order chi connectivity index (χ1) is 20.9. The number of carboxylic acid groups (broad SMARTS) is 1. The third kappa shape index (κ3) is 8.47. The molecule has 2 heterocycles. The highest BCUT2D eigenvalue weighted by atomic mass is 35.5. The number of fused-ring (bicyclic) bond motifs is 1. The van der Waals surface area contributed by atoms with Crippen molar-refractivity contribution >= 4 is 68.5 Å². The van der Waals surface area contributed by atoms with Gasteiger partial charge >= 0.3 is 5.97 Å².